The number of benzene rings is 1. The molecule has 0 amide bonds. The highest BCUT2D eigenvalue weighted by Crippen LogP contribution is 2.22. The van der Waals surface area contributed by atoms with Crippen LogP contribution in [0.5, 0.6) is 0 Å². The van der Waals surface area contributed by atoms with Gasteiger partial charge in [-0.15, -0.1) is 0 Å². The Balaban J connectivity index is 1.73. The lowest BCUT2D eigenvalue weighted by atomic mass is 10.1. The molecule has 2 aromatic heterocycles. The van der Waals surface area contributed by atoms with E-state index in [0.29, 0.717) is 48.7 Å². The van der Waals surface area contributed by atoms with Crippen molar-refractivity contribution >= 4 is 26.8 Å². The first kappa shape index (κ1) is 24.2. The number of aromatic nitrogens is 3. The highest BCUT2D eigenvalue weighted by atomic mass is 32.2. The summed E-state index contributed by atoms with van der Waals surface area (Å²) in [7, 11) is -3.21. The largest absolute Gasteiger partial charge is 0.379 e. The Bertz CT molecular complexity index is 1360. The number of anilines is 1. The number of sulfone groups is 1. The number of fused-ring (bicyclic) bond motifs is 1. The van der Waals surface area contributed by atoms with E-state index in [1.807, 2.05) is 0 Å². The molecule has 0 unspecified atom stereocenters. The number of halogens is 2. The minimum atomic E-state index is -3.21. The summed E-state index contributed by atoms with van der Waals surface area (Å²) in [5.41, 5.74) is 1.00. The van der Waals surface area contributed by atoms with Crippen LogP contribution in [-0.2, 0) is 21.1 Å². The van der Waals surface area contributed by atoms with Crippen molar-refractivity contribution in [2.75, 3.05) is 56.7 Å². The van der Waals surface area contributed by atoms with Crippen LogP contribution in [0.2, 0.25) is 0 Å². The van der Waals surface area contributed by atoms with E-state index in [4.69, 9.17) is 4.74 Å². The standard InChI is InChI=1S/C22H25F2N5O4S/c1-34(31,32)13-6-25-20-22(30)29(8-7-28-9-11-33-12-10-28)21-19(26-20)5-4-18(27-21)15-2-3-16(23)17(24)14-15/h2-5,14H,6-13H2,1H3,(H,25,26). The molecule has 1 aromatic carbocycles. The van der Waals surface area contributed by atoms with Crippen LogP contribution < -0.4 is 10.9 Å². The van der Waals surface area contributed by atoms with Gasteiger partial charge in [-0.2, -0.15) is 0 Å². The van der Waals surface area contributed by atoms with E-state index in [1.165, 1.54) is 10.6 Å². The highest BCUT2D eigenvalue weighted by molar-refractivity contribution is 7.90. The summed E-state index contributed by atoms with van der Waals surface area (Å²) < 4.78 is 56.9. The van der Waals surface area contributed by atoms with E-state index < -0.39 is 27.0 Å². The van der Waals surface area contributed by atoms with E-state index >= 15 is 0 Å². The average molecular weight is 494 g/mol. The molecule has 0 radical (unpaired) electrons. The van der Waals surface area contributed by atoms with Crippen LogP contribution in [0.15, 0.2) is 35.1 Å². The molecule has 1 aliphatic rings. The topological polar surface area (TPSA) is 106 Å². The smallest absolute Gasteiger partial charge is 0.294 e. The molecule has 34 heavy (non-hydrogen) atoms. The molecule has 12 heteroatoms. The van der Waals surface area contributed by atoms with Crippen molar-refractivity contribution in [1.29, 1.82) is 0 Å². The fourth-order valence-corrected chi connectivity index (χ4v) is 4.15. The number of nitrogens with zero attached hydrogens (tertiary/aromatic N) is 4. The van der Waals surface area contributed by atoms with E-state index in [2.05, 4.69) is 20.2 Å². The second-order valence-corrected chi connectivity index (χ2v) is 10.4. The first-order valence-corrected chi connectivity index (χ1v) is 12.9. The fraction of sp³-hybridized carbons (Fsp3) is 0.409. The average Bonchev–Trinajstić information content (AvgIpc) is 2.80. The summed E-state index contributed by atoms with van der Waals surface area (Å²) >= 11 is 0. The molecule has 0 atom stereocenters. The predicted octanol–water partition coefficient (Wildman–Crippen LogP) is 1.53. The van der Waals surface area contributed by atoms with Crippen molar-refractivity contribution in [3.05, 3.63) is 52.3 Å². The van der Waals surface area contributed by atoms with Crippen molar-refractivity contribution in [2.45, 2.75) is 6.54 Å². The molecule has 0 saturated carbocycles. The molecular weight excluding hydrogens is 468 g/mol. The molecule has 9 nitrogen and oxygen atoms in total. The third-order valence-electron chi connectivity index (χ3n) is 5.51. The van der Waals surface area contributed by atoms with Gasteiger partial charge in [0.2, 0.25) is 0 Å². The molecule has 182 valence electrons. The quantitative estimate of drug-likeness (QED) is 0.504. The fourth-order valence-electron chi connectivity index (χ4n) is 3.68. The van der Waals surface area contributed by atoms with Crippen molar-refractivity contribution in [1.82, 2.24) is 19.4 Å². The molecular formula is C22H25F2N5O4S. The van der Waals surface area contributed by atoms with Crippen LogP contribution in [-0.4, -0.2) is 79.3 Å². The van der Waals surface area contributed by atoms with Crippen LogP contribution in [0.4, 0.5) is 14.6 Å². The zero-order valence-electron chi connectivity index (χ0n) is 18.6. The Hall–Kier alpha value is -2.96. The monoisotopic (exact) mass is 493 g/mol. The molecule has 1 aliphatic heterocycles. The molecule has 0 bridgehead atoms. The van der Waals surface area contributed by atoms with Crippen molar-refractivity contribution in [2.24, 2.45) is 0 Å². The Kier molecular flexibility index (Phi) is 7.19. The van der Waals surface area contributed by atoms with E-state index in [1.54, 1.807) is 12.1 Å². The van der Waals surface area contributed by atoms with Crippen molar-refractivity contribution in [3.8, 4) is 11.3 Å². The lowest BCUT2D eigenvalue weighted by molar-refractivity contribution is 0.0364. The number of pyridine rings is 1. The van der Waals surface area contributed by atoms with Gasteiger partial charge in [-0.25, -0.2) is 27.2 Å². The maximum Gasteiger partial charge on any atom is 0.294 e. The van der Waals surface area contributed by atoms with Gasteiger partial charge in [0, 0.05) is 44.5 Å². The Morgan fingerprint density at radius 2 is 1.82 bits per heavy atom. The van der Waals surface area contributed by atoms with Crippen LogP contribution in [0.25, 0.3) is 22.4 Å². The van der Waals surface area contributed by atoms with Gasteiger partial charge in [-0.05, 0) is 30.3 Å². The van der Waals surface area contributed by atoms with Gasteiger partial charge < -0.3 is 10.1 Å². The molecule has 0 aliphatic carbocycles. The maximum absolute atomic E-state index is 13.8. The zero-order valence-corrected chi connectivity index (χ0v) is 19.4. The summed E-state index contributed by atoms with van der Waals surface area (Å²) in [6.07, 6.45) is 1.12. The van der Waals surface area contributed by atoms with E-state index in [-0.39, 0.29) is 18.1 Å². The molecule has 1 N–H and O–H groups in total. The Morgan fingerprint density at radius 1 is 1.06 bits per heavy atom. The van der Waals surface area contributed by atoms with Crippen molar-refractivity contribution < 1.29 is 21.9 Å². The van der Waals surface area contributed by atoms with Gasteiger partial charge in [0.25, 0.3) is 5.56 Å². The summed E-state index contributed by atoms with van der Waals surface area (Å²) in [5.74, 6) is -2.07. The summed E-state index contributed by atoms with van der Waals surface area (Å²) in [5, 5.41) is 2.82. The number of rotatable bonds is 8. The number of hydrogen-bond acceptors (Lipinski definition) is 8. The maximum atomic E-state index is 13.8. The third kappa shape index (κ3) is 5.75. The summed E-state index contributed by atoms with van der Waals surface area (Å²) in [6, 6.07) is 6.74. The molecule has 1 saturated heterocycles. The van der Waals surface area contributed by atoms with Crippen molar-refractivity contribution in [3.63, 3.8) is 0 Å². The van der Waals surface area contributed by atoms with Crippen LogP contribution >= 0.6 is 0 Å². The lowest BCUT2D eigenvalue weighted by Crippen LogP contribution is -2.39. The van der Waals surface area contributed by atoms with Gasteiger partial charge >= 0.3 is 0 Å². The summed E-state index contributed by atoms with van der Waals surface area (Å²) in [4.78, 5) is 24.3. The third-order valence-corrected chi connectivity index (χ3v) is 6.46. The molecule has 4 rings (SSSR count). The minimum Gasteiger partial charge on any atom is -0.379 e. The van der Waals surface area contributed by atoms with Crippen LogP contribution in [0, 0.1) is 11.6 Å². The van der Waals surface area contributed by atoms with E-state index in [0.717, 1.165) is 31.5 Å². The van der Waals surface area contributed by atoms with Gasteiger partial charge in [0.05, 0.1) is 24.7 Å². The Labute approximate surface area is 195 Å². The summed E-state index contributed by atoms with van der Waals surface area (Å²) in [6.45, 7) is 3.63. The predicted molar refractivity (Wildman–Crippen MR) is 125 cm³/mol. The molecule has 3 heterocycles. The first-order chi connectivity index (χ1) is 16.2. The number of ether oxygens (including phenoxy) is 1. The van der Waals surface area contributed by atoms with Crippen LogP contribution in [0.3, 0.4) is 0 Å². The number of morpholine rings is 1. The van der Waals surface area contributed by atoms with Gasteiger partial charge in [0.1, 0.15) is 15.4 Å². The first-order valence-electron chi connectivity index (χ1n) is 10.8. The highest BCUT2D eigenvalue weighted by Gasteiger charge is 2.17. The van der Waals surface area contributed by atoms with E-state index in [9.17, 15) is 22.0 Å². The second-order valence-electron chi connectivity index (χ2n) is 8.10. The minimum absolute atomic E-state index is 0.0282. The van der Waals surface area contributed by atoms with Gasteiger partial charge in [-0.1, -0.05) is 0 Å². The van der Waals surface area contributed by atoms with Gasteiger partial charge in [-0.3, -0.25) is 14.3 Å². The SMILES string of the molecule is CS(=O)(=O)CCNc1nc2ccc(-c3ccc(F)c(F)c3)nc2n(CCN2CCOCC2)c1=O. The second kappa shape index (κ2) is 10.1. The normalized spacial score (nSPS) is 15.0. The molecule has 3 aromatic rings. The zero-order chi connectivity index (χ0) is 24.3. The number of hydrogen-bond donors (Lipinski definition) is 1. The number of nitrogens with one attached hydrogen (secondary N) is 1. The van der Waals surface area contributed by atoms with Crippen LogP contribution in [0.1, 0.15) is 0 Å². The molecule has 0 spiro atoms. The Morgan fingerprint density at radius 3 is 2.53 bits per heavy atom. The molecule has 1 fully saturated rings. The lowest BCUT2D eigenvalue weighted by Gasteiger charge is -2.27. The van der Waals surface area contributed by atoms with Gasteiger partial charge in [0.15, 0.2) is 23.1 Å².